The normalized spacial score (nSPS) is 21.5. The first-order valence-corrected chi connectivity index (χ1v) is 7.01. The highest BCUT2D eigenvalue weighted by Gasteiger charge is 2.40. The predicted octanol–water partition coefficient (Wildman–Crippen LogP) is 1.19. The second kappa shape index (κ2) is 5.42. The first-order chi connectivity index (χ1) is 10.5. The average Bonchev–Trinajstić information content (AvgIpc) is 3.11. The molecule has 0 saturated carbocycles. The predicted molar refractivity (Wildman–Crippen MR) is 78.7 cm³/mol. The van der Waals surface area contributed by atoms with Gasteiger partial charge in [0.25, 0.3) is 5.91 Å². The molecular weight excluding hydrogens is 286 g/mol. The van der Waals surface area contributed by atoms with E-state index in [1.165, 1.54) is 12.0 Å². The fraction of sp³-hybridized carbons (Fsp3) is 0.400. The highest BCUT2D eigenvalue weighted by atomic mass is 16.5. The lowest BCUT2D eigenvalue weighted by Gasteiger charge is -2.21. The van der Waals surface area contributed by atoms with Gasteiger partial charge in [0.05, 0.1) is 23.4 Å². The molecule has 1 aliphatic heterocycles. The van der Waals surface area contributed by atoms with Crippen molar-refractivity contribution in [2.24, 2.45) is 0 Å². The Balaban J connectivity index is 2.01. The molecule has 7 heteroatoms. The number of benzene rings is 1. The van der Waals surface area contributed by atoms with E-state index in [1.54, 1.807) is 12.3 Å². The number of H-pyrrole nitrogens is 1. The van der Waals surface area contributed by atoms with Gasteiger partial charge in [0, 0.05) is 25.5 Å². The number of hydrogen-bond donors (Lipinski definition) is 2. The van der Waals surface area contributed by atoms with Crippen molar-refractivity contribution in [2.75, 3.05) is 13.7 Å². The van der Waals surface area contributed by atoms with Gasteiger partial charge in [-0.3, -0.25) is 9.89 Å². The second-order valence-corrected chi connectivity index (χ2v) is 5.55. The summed E-state index contributed by atoms with van der Waals surface area (Å²) in [6.07, 6.45) is 1.69. The molecule has 7 nitrogen and oxygen atoms in total. The summed E-state index contributed by atoms with van der Waals surface area (Å²) in [5.74, 6) is -1.33. The SMILES string of the molecule is COC1CC(C(=O)O)N(C(=O)c2cc(C)cc3cn[nH]c23)C1. The van der Waals surface area contributed by atoms with Gasteiger partial charge in [-0.25, -0.2) is 4.79 Å². The first-order valence-electron chi connectivity index (χ1n) is 7.01. The number of aromatic amines is 1. The van der Waals surface area contributed by atoms with Crippen LogP contribution < -0.4 is 0 Å². The monoisotopic (exact) mass is 303 g/mol. The van der Waals surface area contributed by atoms with E-state index in [1.807, 2.05) is 13.0 Å². The zero-order valence-electron chi connectivity index (χ0n) is 12.4. The third-order valence-electron chi connectivity index (χ3n) is 4.07. The highest BCUT2D eigenvalue weighted by molar-refractivity contribution is 6.07. The Kier molecular flexibility index (Phi) is 3.58. The third-order valence-corrected chi connectivity index (χ3v) is 4.07. The number of nitrogens with one attached hydrogen (secondary N) is 1. The number of aryl methyl sites for hydroxylation is 1. The molecule has 2 N–H and O–H groups in total. The summed E-state index contributed by atoms with van der Waals surface area (Å²) in [6.45, 7) is 2.16. The number of amides is 1. The Labute approximate surface area is 126 Å². The maximum Gasteiger partial charge on any atom is 0.326 e. The van der Waals surface area contributed by atoms with Crippen LogP contribution in [0.3, 0.4) is 0 Å². The molecule has 2 unspecified atom stereocenters. The van der Waals surface area contributed by atoms with Gasteiger partial charge in [-0.1, -0.05) is 0 Å². The minimum absolute atomic E-state index is 0.257. The topological polar surface area (TPSA) is 95.5 Å². The molecule has 1 aliphatic rings. The van der Waals surface area contributed by atoms with Crippen molar-refractivity contribution in [1.29, 1.82) is 0 Å². The van der Waals surface area contributed by atoms with Crippen molar-refractivity contribution >= 4 is 22.8 Å². The number of methoxy groups -OCH3 is 1. The zero-order valence-corrected chi connectivity index (χ0v) is 12.4. The van der Waals surface area contributed by atoms with Crippen LogP contribution >= 0.6 is 0 Å². The van der Waals surface area contributed by atoms with Crippen LogP contribution in [0.15, 0.2) is 18.3 Å². The van der Waals surface area contributed by atoms with Crippen molar-refractivity contribution in [2.45, 2.75) is 25.5 Å². The number of aromatic nitrogens is 2. The zero-order chi connectivity index (χ0) is 15.9. The Bertz CT molecular complexity index is 739. The molecule has 0 radical (unpaired) electrons. The molecule has 1 amide bonds. The van der Waals surface area contributed by atoms with Gasteiger partial charge in [0.2, 0.25) is 0 Å². The molecule has 0 aliphatic carbocycles. The van der Waals surface area contributed by atoms with Crippen LogP contribution in [0.25, 0.3) is 10.9 Å². The van der Waals surface area contributed by atoms with Crippen LogP contribution in [0.2, 0.25) is 0 Å². The van der Waals surface area contributed by atoms with Gasteiger partial charge in [-0.05, 0) is 24.6 Å². The largest absolute Gasteiger partial charge is 0.480 e. The third kappa shape index (κ3) is 2.33. The Hall–Kier alpha value is -2.41. The van der Waals surface area contributed by atoms with Crippen LogP contribution in [0.1, 0.15) is 22.3 Å². The van der Waals surface area contributed by atoms with Crippen LogP contribution in [-0.4, -0.2) is 57.9 Å². The maximum atomic E-state index is 12.8. The molecule has 1 aromatic heterocycles. The summed E-state index contributed by atoms with van der Waals surface area (Å²) >= 11 is 0. The van der Waals surface area contributed by atoms with Crippen molar-refractivity contribution in [3.63, 3.8) is 0 Å². The van der Waals surface area contributed by atoms with Crippen molar-refractivity contribution in [3.05, 3.63) is 29.5 Å². The van der Waals surface area contributed by atoms with Crippen LogP contribution in [0, 0.1) is 6.92 Å². The number of fused-ring (bicyclic) bond motifs is 1. The van der Waals surface area contributed by atoms with E-state index in [4.69, 9.17) is 4.74 Å². The molecule has 0 spiro atoms. The molecule has 1 saturated heterocycles. The summed E-state index contributed by atoms with van der Waals surface area (Å²) in [6, 6.07) is 2.81. The van der Waals surface area contributed by atoms with Gasteiger partial charge < -0.3 is 14.7 Å². The van der Waals surface area contributed by atoms with Crippen LogP contribution in [0.5, 0.6) is 0 Å². The van der Waals surface area contributed by atoms with Gasteiger partial charge in [0.1, 0.15) is 6.04 Å². The molecule has 0 bridgehead atoms. The molecule has 2 aromatic rings. The number of ether oxygens (including phenoxy) is 1. The second-order valence-electron chi connectivity index (χ2n) is 5.55. The number of carboxylic acids is 1. The summed E-state index contributed by atoms with van der Waals surface area (Å²) in [5.41, 5.74) is 1.99. The first kappa shape index (κ1) is 14.5. The number of carbonyl (C=O) groups is 2. The number of hydrogen-bond acceptors (Lipinski definition) is 4. The van der Waals surface area contributed by atoms with Crippen molar-refractivity contribution < 1.29 is 19.4 Å². The van der Waals surface area contributed by atoms with Gasteiger partial charge in [0.15, 0.2) is 0 Å². The molecule has 1 fully saturated rings. The van der Waals surface area contributed by atoms with Crippen LogP contribution in [-0.2, 0) is 9.53 Å². The van der Waals surface area contributed by atoms with E-state index >= 15 is 0 Å². The minimum Gasteiger partial charge on any atom is -0.480 e. The van der Waals surface area contributed by atoms with E-state index in [0.717, 1.165) is 10.9 Å². The standard InChI is InChI=1S/C15H17N3O4/c1-8-3-9-6-16-17-13(9)11(4-8)14(19)18-7-10(22-2)5-12(18)15(20)21/h3-4,6,10,12H,5,7H2,1-2H3,(H,16,17)(H,20,21). The fourth-order valence-corrected chi connectivity index (χ4v) is 2.96. The van der Waals surface area contributed by atoms with E-state index in [2.05, 4.69) is 10.2 Å². The Morgan fingerprint density at radius 3 is 2.91 bits per heavy atom. The lowest BCUT2D eigenvalue weighted by Crippen LogP contribution is -2.40. The fourth-order valence-electron chi connectivity index (χ4n) is 2.96. The molecular formula is C15H17N3O4. The molecule has 116 valence electrons. The van der Waals surface area contributed by atoms with Crippen molar-refractivity contribution in [1.82, 2.24) is 15.1 Å². The maximum absolute atomic E-state index is 12.8. The van der Waals surface area contributed by atoms with Gasteiger partial charge in [-0.15, -0.1) is 0 Å². The van der Waals surface area contributed by atoms with Crippen molar-refractivity contribution in [3.8, 4) is 0 Å². The summed E-state index contributed by atoms with van der Waals surface area (Å²) in [7, 11) is 1.53. The number of carboxylic acid groups (broad SMARTS) is 1. The summed E-state index contributed by atoms with van der Waals surface area (Å²) in [5, 5.41) is 17.0. The number of likely N-dealkylation sites (tertiary alicyclic amines) is 1. The Morgan fingerprint density at radius 2 is 2.23 bits per heavy atom. The average molecular weight is 303 g/mol. The van der Waals surface area contributed by atoms with E-state index in [-0.39, 0.29) is 18.6 Å². The molecule has 3 rings (SSSR count). The Morgan fingerprint density at radius 1 is 1.45 bits per heavy atom. The molecule has 1 aromatic carbocycles. The number of nitrogens with zero attached hydrogens (tertiary/aromatic N) is 2. The number of aliphatic carboxylic acids is 1. The summed E-state index contributed by atoms with van der Waals surface area (Å²) < 4.78 is 5.23. The van der Waals surface area contributed by atoms with E-state index < -0.39 is 12.0 Å². The van der Waals surface area contributed by atoms with Crippen LogP contribution in [0.4, 0.5) is 0 Å². The van der Waals surface area contributed by atoms with E-state index in [0.29, 0.717) is 17.5 Å². The minimum atomic E-state index is -1.01. The number of rotatable bonds is 3. The lowest BCUT2D eigenvalue weighted by molar-refractivity contribution is -0.141. The number of carbonyl (C=O) groups excluding carboxylic acids is 1. The van der Waals surface area contributed by atoms with Gasteiger partial charge >= 0.3 is 5.97 Å². The molecule has 22 heavy (non-hydrogen) atoms. The molecule has 2 heterocycles. The van der Waals surface area contributed by atoms with Gasteiger partial charge in [-0.2, -0.15) is 5.10 Å². The lowest BCUT2D eigenvalue weighted by atomic mass is 10.1. The smallest absolute Gasteiger partial charge is 0.326 e. The van der Waals surface area contributed by atoms with E-state index in [9.17, 15) is 14.7 Å². The highest BCUT2D eigenvalue weighted by Crippen LogP contribution is 2.26. The molecule has 2 atom stereocenters. The summed E-state index contributed by atoms with van der Waals surface area (Å²) in [4.78, 5) is 25.6. The quantitative estimate of drug-likeness (QED) is 0.888.